The predicted molar refractivity (Wildman–Crippen MR) is 151 cm³/mol. The molecule has 6 bridgehead atoms. The van der Waals surface area contributed by atoms with Crippen LogP contribution in [-0.4, -0.2) is 72.9 Å². The van der Waals surface area contributed by atoms with Gasteiger partial charge in [0.25, 0.3) is 0 Å². The summed E-state index contributed by atoms with van der Waals surface area (Å²) in [6.45, 7) is 13.7. The molecule has 8 atom stereocenters. The van der Waals surface area contributed by atoms with E-state index in [0.717, 1.165) is 32.0 Å². The quantitative estimate of drug-likeness (QED) is 0.516. The molecule has 7 heteroatoms. The van der Waals surface area contributed by atoms with Crippen LogP contribution in [0.15, 0.2) is 18.2 Å². The standard InChI is InChI=1S/C29H49N5OS/c1-19(2)12-23-16-33(5)17-24-18-34(23)15-22-10-7-11-25(13-22)36-32-29-30-26(14-27(31-29)35-24)28-20(3)8-6-9-21(28)4/h6,8-9,19,22-27,29-32H,7,10-18H2,1-5H3/t22?,23-,24-,25?,26?,27?,29?/m1/s1. The van der Waals surface area contributed by atoms with Gasteiger partial charge in [-0.1, -0.05) is 50.4 Å². The van der Waals surface area contributed by atoms with Crippen molar-refractivity contribution in [2.75, 3.05) is 33.2 Å². The molecule has 0 radical (unpaired) electrons. The lowest BCUT2D eigenvalue weighted by Gasteiger charge is -2.40. The Labute approximate surface area is 223 Å². The smallest absolute Gasteiger partial charge is 0.123 e. The molecular formula is C29H49N5OS. The van der Waals surface area contributed by atoms with Crippen LogP contribution in [0.25, 0.3) is 0 Å². The molecule has 6 unspecified atom stereocenters. The van der Waals surface area contributed by atoms with Crippen LogP contribution in [0, 0.1) is 25.7 Å². The lowest BCUT2D eigenvalue weighted by Crippen LogP contribution is -2.61. The Morgan fingerprint density at radius 2 is 1.83 bits per heavy atom. The lowest BCUT2D eigenvalue weighted by atomic mass is 9.87. The Morgan fingerprint density at radius 1 is 1.03 bits per heavy atom. The zero-order valence-electron chi connectivity index (χ0n) is 23.1. The maximum absolute atomic E-state index is 6.97. The Kier molecular flexibility index (Phi) is 8.99. The van der Waals surface area contributed by atoms with Crippen LogP contribution < -0.4 is 15.4 Å². The highest BCUT2D eigenvalue weighted by Crippen LogP contribution is 2.35. The monoisotopic (exact) mass is 515 g/mol. The van der Waals surface area contributed by atoms with Crippen LogP contribution >= 0.6 is 11.9 Å². The molecule has 3 heterocycles. The van der Waals surface area contributed by atoms with Gasteiger partial charge in [0.2, 0.25) is 0 Å². The van der Waals surface area contributed by atoms with Crippen LogP contribution in [0.4, 0.5) is 0 Å². The highest BCUT2D eigenvalue weighted by molar-refractivity contribution is 7.98. The summed E-state index contributed by atoms with van der Waals surface area (Å²) < 4.78 is 10.8. The summed E-state index contributed by atoms with van der Waals surface area (Å²) in [5, 5.41) is 8.35. The van der Waals surface area contributed by atoms with Crippen molar-refractivity contribution in [2.45, 2.75) is 102 Å². The van der Waals surface area contributed by atoms with E-state index in [0.29, 0.717) is 17.2 Å². The molecule has 1 aromatic rings. The van der Waals surface area contributed by atoms with E-state index in [9.17, 15) is 0 Å². The van der Waals surface area contributed by atoms with E-state index in [1.807, 2.05) is 11.9 Å². The van der Waals surface area contributed by atoms with E-state index < -0.39 is 0 Å². The molecule has 0 aromatic heterocycles. The minimum absolute atomic E-state index is 0.0235. The number of nitrogens with zero attached hydrogens (tertiary/aromatic N) is 2. The van der Waals surface area contributed by atoms with Crippen LogP contribution in [-0.2, 0) is 4.74 Å². The van der Waals surface area contributed by atoms with Crippen molar-refractivity contribution >= 4 is 11.9 Å². The SMILES string of the molecule is Cc1cccc(C)c1C1CC2NC(NSC3CCCC(C3)CN3C[C@@H](CN(C)C[C@H]3CC(C)C)O2)N1. The fourth-order valence-corrected chi connectivity index (χ4v) is 8.33. The number of hydrogen-bond acceptors (Lipinski definition) is 7. The fraction of sp³-hybridized carbons (Fsp3) is 0.793. The maximum Gasteiger partial charge on any atom is 0.123 e. The molecule has 4 aliphatic rings. The molecule has 1 aliphatic carbocycles. The van der Waals surface area contributed by atoms with Gasteiger partial charge >= 0.3 is 0 Å². The van der Waals surface area contributed by atoms with Gasteiger partial charge in [0, 0.05) is 49.9 Å². The highest BCUT2D eigenvalue weighted by Gasteiger charge is 2.37. The van der Waals surface area contributed by atoms with E-state index >= 15 is 0 Å². The molecule has 5 rings (SSSR count). The number of aryl methyl sites for hydroxylation is 2. The van der Waals surface area contributed by atoms with Gasteiger partial charge in [-0.25, -0.2) is 4.72 Å². The third kappa shape index (κ3) is 6.66. The summed E-state index contributed by atoms with van der Waals surface area (Å²) in [4.78, 5) is 5.36. The Balaban J connectivity index is 1.42. The first-order chi connectivity index (χ1) is 17.3. The number of rotatable bonds is 3. The van der Waals surface area contributed by atoms with Crippen molar-refractivity contribution in [2.24, 2.45) is 11.8 Å². The van der Waals surface area contributed by atoms with Crippen molar-refractivity contribution in [3.8, 4) is 0 Å². The lowest BCUT2D eigenvalue weighted by molar-refractivity contribution is -0.0759. The van der Waals surface area contributed by atoms with Gasteiger partial charge in [-0.15, -0.1) is 0 Å². The Bertz CT molecular complexity index is 848. The molecule has 4 fully saturated rings. The molecule has 0 amide bonds. The molecule has 1 saturated carbocycles. The van der Waals surface area contributed by atoms with Crippen molar-refractivity contribution in [3.05, 3.63) is 34.9 Å². The highest BCUT2D eigenvalue weighted by atomic mass is 32.2. The maximum atomic E-state index is 6.97. The van der Waals surface area contributed by atoms with E-state index in [1.54, 1.807) is 0 Å². The number of hydrogen-bond donors (Lipinski definition) is 3. The third-order valence-electron chi connectivity index (χ3n) is 8.73. The summed E-state index contributed by atoms with van der Waals surface area (Å²) in [5.41, 5.74) is 4.16. The van der Waals surface area contributed by atoms with Crippen LogP contribution in [0.2, 0.25) is 0 Å². The van der Waals surface area contributed by atoms with Crippen LogP contribution in [0.5, 0.6) is 0 Å². The van der Waals surface area contributed by atoms with Crippen LogP contribution in [0.1, 0.15) is 75.1 Å². The number of nitrogens with one attached hydrogen (secondary N) is 3. The van der Waals surface area contributed by atoms with Gasteiger partial charge < -0.3 is 9.64 Å². The largest absolute Gasteiger partial charge is 0.357 e. The molecule has 6 nitrogen and oxygen atoms in total. The van der Waals surface area contributed by atoms with Crippen molar-refractivity contribution in [1.29, 1.82) is 0 Å². The Hall–Kier alpha value is -0.670. The van der Waals surface area contributed by atoms with Crippen molar-refractivity contribution in [1.82, 2.24) is 25.2 Å². The van der Waals surface area contributed by atoms with Gasteiger partial charge in [-0.3, -0.25) is 15.5 Å². The second-order valence-corrected chi connectivity index (χ2v) is 13.6. The molecule has 3 aliphatic heterocycles. The van der Waals surface area contributed by atoms with E-state index in [1.165, 1.54) is 55.3 Å². The third-order valence-corrected chi connectivity index (χ3v) is 9.87. The van der Waals surface area contributed by atoms with E-state index in [2.05, 4.69) is 78.1 Å². The number of ether oxygens (including phenoxy) is 1. The second-order valence-electron chi connectivity index (χ2n) is 12.5. The molecule has 202 valence electrons. The fourth-order valence-electron chi connectivity index (χ4n) is 7.21. The van der Waals surface area contributed by atoms with Gasteiger partial charge in [0.1, 0.15) is 12.5 Å². The molecule has 0 spiro atoms. The first-order valence-electron chi connectivity index (χ1n) is 14.4. The van der Waals surface area contributed by atoms with Crippen molar-refractivity contribution < 1.29 is 4.74 Å². The first-order valence-corrected chi connectivity index (χ1v) is 15.3. The molecule has 1 aromatic carbocycles. The van der Waals surface area contributed by atoms with Crippen LogP contribution in [0.3, 0.4) is 0 Å². The number of fused-ring (bicyclic) bond motifs is 6. The normalized spacial score (nSPS) is 38.5. The minimum Gasteiger partial charge on any atom is -0.357 e. The first kappa shape index (κ1) is 26.9. The van der Waals surface area contributed by atoms with Gasteiger partial charge in [0.15, 0.2) is 0 Å². The number of benzene rings is 1. The zero-order valence-corrected chi connectivity index (χ0v) is 23.9. The minimum atomic E-state index is 0.0235. The van der Waals surface area contributed by atoms with E-state index in [4.69, 9.17) is 4.74 Å². The molecule has 3 N–H and O–H groups in total. The molecule has 36 heavy (non-hydrogen) atoms. The zero-order chi connectivity index (χ0) is 25.2. The molecular weight excluding hydrogens is 466 g/mol. The topological polar surface area (TPSA) is 51.8 Å². The van der Waals surface area contributed by atoms with Crippen molar-refractivity contribution in [3.63, 3.8) is 0 Å². The van der Waals surface area contributed by atoms with Gasteiger partial charge in [0.05, 0.1) is 6.10 Å². The predicted octanol–water partition coefficient (Wildman–Crippen LogP) is 4.39. The summed E-state index contributed by atoms with van der Waals surface area (Å²) in [6, 6.07) is 7.56. The Morgan fingerprint density at radius 3 is 2.61 bits per heavy atom. The average molecular weight is 516 g/mol. The second kappa shape index (κ2) is 12.0. The summed E-state index contributed by atoms with van der Waals surface area (Å²) in [7, 11) is 2.29. The van der Waals surface area contributed by atoms with E-state index in [-0.39, 0.29) is 24.7 Å². The van der Waals surface area contributed by atoms with Gasteiger partial charge in [-0.05, 0) is 75.1 Å². The molecule has 3 saturated heterocycles. The summed E-state index contributed by atoms with van der Waals surface area (Å²) in [6.07, 6.45) is 7.86. The summed E-state index contributed by atoms with van der Waals surface area (Å²) >= 11 is 1.96. The van der Waals surface area contributed by atoms with Gasteiger partial charge in [-0.2, -0.15) is 0 Å². The summed E-state index contributed by atoms with van der Waals surface area (Å²) in [5.74, 6) is 1.51. The number of likely N-dealkylation sites (N-methyl/N-ethyl adjacent to an activating group) is 1. The average Bonchev–Trinajstić information content (AvgIpc) is 2.94.